The molecule has 0 heterocycles. The molecule has 0 saturated heterocycles. The van der Waals surface area contributed by atoms with Gasteiger partial charge in [0, 0.05) is 6.92 Å². The molecule has 67 valence electrons. The third-order valence-electron chi connectivity index (χ3n) is 1.44. The quantitative estimate of drug-likeness (QED) is 0.513. The Balaban J connectivity index is 2.44. The molecule has 0 spiro atoms. The van der Waals surface area contributed by atoms with Gasteiger partial charge < -0.3 is 4.74 Å². The highest BCUT2D eigenvalue weighted by atomic mass is 16.5. The van der Waals surface area contributed by atoms with E-state index in [0.717, 1.165) is 5.56 Å². The highest BCUT2D eigenvalue weighted by Crippen LogP contribution is 2.00. The molecule has 0 fully saturated rings. The summed E-state index contributed by atoms with van der Waals surface area (Å²) in [5.41, 5.74) is 0.845. The molecule has 1 radical (unpaired) electrons. The molecule has 0 saturated carbocycles. The Morgan fingerprint density at radius 1 is 1.23 bits per heavy atom. The SMILES string of the molecule is [CH2]C(=O)C(=O)OCc1ccccc1. The first-order chi connectivity index (χ1) is 6.20. The summed E-state index contributed by atoms with van der Waals surface area (Å²) in [4.78, 5) is 21.1. The number of hydrogen-bond donors (Lipinski definition) is 0. The summed E-state index contributed by atoms with van der Waals surface area (Å²) in [6.45, 7) is 3.05. The molecular formula is C10H9O3. The lowest BCUT2D eigenvalue weighted by Gasteiger charge is -2.01. The van der Waals surface area contributed by atoms with Crippen molar-refractivity contribution in [2.75, 3.05) is 0 Å². The van der Waals surface area contributed by atoms with Crippen LogP contribution in [0.2, 0.25) is 0 Å². The predicted octanol–water partition coefficient (Wildman–Crippen LogP) is 1.13. The van der Waals surface area contributed by atoms with Gasteiger partial charge in [-0.25, -0.2) is 4.79 Å². The van der Waals surface area contributed by atoms with Crippen molar-refractivity contribution in [1.82, 2.24) is 0 Å². The van der Waals surface area contributed by atoms with Crippen molar-refractivity contribution in [2.24, 2.45) is 0 Å². The molecule has 3 nitrogen and oxygen atoms in total. The van der Waals surface area contributed by atoms with Crippen LogP contribution in [0.4, 0.5) is 0 Å². The second-order valence-electron chi connectivity index (χ2n) is 2.48. The van der Waals surface area contributed by atoms with E-state index >= 15 is 0 Å². The smallest absolute Gasteiger partial charge is 0.374 e. The molecule has 0 aliphatic carbocycles. The molecule has 3 heteroatoms. The maximum Gasteiger partial charge on any atom is 0.374 e. The Labute approximate surface area is 76.3 Å². The summed E-state index contributed by atoms with van der Waals surface area (Å²) in [7, 11) is 0. The average Bonchev–Trinajstić information content (AvgIpc) is 2.15. The van der Waals surface area contributed by atoms with Crippen LogP contribution in [0.5, 0.6) is 0 Å². The highest BCUT2D eigenvalue weighted by Gasteiger charge is 2.08. The average molecular weight is 177 g/mol. The van der Waals surface area contributed by atoms with E-state index in [4.69, 9.17) is 0 Å². The first-order valence-electron chi connectivity index (χ1n) is 3.77. The molecule has 13 heavy (non-hydrogen) atoms. The molecule has 0 aliphatic rings. The van der Waals surface area contributed by atoms with Gasteiger partial charge in [-0.3, -0.25) is 4.79 Å². The zero-order valence-corrected chi connectivity index (χ0v) is 7.03. The molecule has 0 aliphatic heterocycles. The summed E-state index contributed by atoms with van der Waals surface area (Å²) in [5, 5.41) is 0. The van der Waals surface area contributed by atoms with Crippen LogP contribution in [-0.2, 0) is 20.9 Å². The monoisotopic (exact) mass is 177 g/mol. The van der Waals surface area contributed by atoms with Crippen molar-refractivity contribution < 1.29 is 14.3 Å². The minimum Gasteiger partial charge on any atom is -0.455 e. The largest absolute Gasteiger partial charge is 0.455 e. The van der Waals surface area contributed by atoms with Crippen LogP contribution in [-0.4, -0.2) is 11.8 Å². The van der Waals surface area contributed by atoms with Gasteiger partial charge in [0.1, 0.15) is 6.61 Å². The number of carbonyl (C=O) groups is 2. The van der Waals surface area contributed by atoms with E-state index in [1.54, 1.807) is 12.1 Å². The number of carbonyl (C=O) groups excluding carboxylic acids is 2. The molecule has 1 aromatic carbocycles. The zero-order chi connectivity index (χ0) is 9.68. The number of Topliss-reactive ketones (excluding diaryl/α,β-unsaturated/α-hetero) is 1. The van der Waals surface area contributed by atoms with E-state index in [9.17, 15) is 9.59 Å². The fourth-order valence-corrected chi connectivity index (χ4v) is 0.804. The molecule has 1 aromatic rings. The van der Waals surface area contributed by atoms with Crippen LogP contribution in [0, 0.1) is 6.92 Å². The van der Waals surface area contributed by atoms with Crippen LogP contribution in [0.3, 0.4) is 0 Å². The summed E-state index contributed by atoms with van der Waals surface area (Å²) in [6.07, 6.45) is 0. The molecule has 0 N–H and O–H groups in total. The number of ether oxygens (including phenoxy) is 1. The Kier molecular flexibility index (Phi) is 3.20. The van der Waals surface area contributed by atoms with Crippen LogP contribution in [0.25, 0.3) is 0 Å². The van der Waals surface area contributed by atoms with Crippen LogP contribution >= 0.6 is 0 Å². The van der Waals surface area contributed by atoms with Crippen molar-refractivity contribution in [3.63, 3.8) is 0 Å². The summed E-state index contributed by atoms with van der Waals surface area (Å²) in [6, 6.07) is 9.13. The summed E-state index contributed by atoms with van der Waals surface area (Å²) < 4.78 is 4.64. The second kappa shape index (κ2) is 4.40. The standard InChI is InChI=1S/C10H9O3/c1-8(11)10(12)13-7-9-5-3-2-4-6-9/h2-6H,1,7H2. The lowest BCUT2D eigenvalue weighted by atomic mass is 10.2. The molecule has 0 unspecified atom stereocenters. The maximum absolute atomic E-state index is 10.7. The molecular weight excluding hydrogens is 168 g/mol. The van der Waals surface area contributed by atoms with Crippen LogP contribution < -0.4 is 0 Å². The lowest BCUT2D eigenvalue weighted by Crippen LogP contribution is -2.13. The summed E-state index contributed by atoms with van der Waals surface area (Å²) >= 11 is 0. The number of hydrogen-bond acceptors (Lipinski definition) is 3. The van der Waals surface area contributed by atoms with E-state index in [0.29, 0.717) is 0 Å². The lowest BCUT2D eigenvalue weighted by molar-refractivity contribution is -0.152. The number of benzene rings is 1. The van der Waals surface area contributed by atoms with Crippen LogP contribution in [0.1, 0.15) is 5.56 Å². The van der Waals surface area contributed by atoms with Crippen molar-refractivity contribution in [3.05, 3.63) is 42.8 Å². The van der Waals surface area contributed by atoms with Crippen LogP contribution in [0.15, 0.2) is 30.3 Å². The third-order valence-corrected chi connectivity index (χ3v) is 1.44. The van der Waals surface area contributed by atoms with E-state index < -0.39 is 11.8 Å². The van der Waals surface area contributed by atoms with E-state index in [1.807, 2.05) is 18.2 Å². The van der Waals surface area contributed by atoms with Gasteiger partial charge in [0.25, 0.3) is 0 Å². The fourth-order valence-electron chi connectivity index (χ4n) is 0.804. The number of ketones is 1. The maximum atomic E-state index is 10.7. The normalized spacial score (nSPS) is 9.31. The van der Waals surface area contributed by atoms with Gasteiger partial charge in [-0.2, -0.15) is 0 Å². The molecule has 0 bridgehead atoms. The first-order valence-corrected chi connectivity index (χ1v) is 3.77. The van der Waals surface area contributed by atoms with E-state index in [2.05, 4.69) is 11.7 Å². The van der Waals surface area contributed by atoms with Gasteiger partial charge in [-0.05, 0) is 5.56 Å². The van der Waals surface area contributed by atoms with Crippen molar-refractivity contribution in [3.8, 4) is 0 Å². The van der Waals surface area contributed by atoms with E-state index in [1.165, 1.54) is 0 Å². The number of rotatable bonds is 3. The predicted molar refractivity (Wildman–Crippen MR) is 46.6 cm³/mol. The first kappa shape index (κ1) is 9.45. The Bertz CT molecular complexity index is 303. The molecule has 0 aromatic heterocycles. The Hall–Kier alpha value is -1.64. The van der Waals surface area contributed by atoms with Crippen molar-refractivity contribution >= 4 is 11.8 Å². The minimum absolute atomic E-state index is 0.112. The fraction of sp³-hybridized carbons (Fsp3) is 0.100. The Morgan fingerprint density at radius 3 is 2.38 bits per heavy atom. The van der Waals surface area contributed by atoms with Crippen molar-refractivity contribution in [1.29, 1.82) is 0 Å². The second-order valence-corrected chi connectivity index (χ2v) is 2.48. The van der Waals surface area contributed by atoms with Gasteiger partial charge in [0.2, 0.25) is 5.78 Å². The Morgan fingerprint density at radius 2 is 1.85 bits per heavy atom. The zero-order valence-electron chi connectivity index (χ0n) is 7.03. The minimum atomic E-state index is -0.899. The van der Waals surface area contributed by atoms with Crippen molar-refractivity contribution in [2.45, 2.75) is 6.61 Å². The topological polar surface area (TPSA) is 43.4 Å². The van der Waals surface area contributed by atoms with Gasteiger partial charge >= 0.3 is 5.97 Å². The molecule has 1 rings (SSSR count). The third kappa shape index (κ3) is 3.07. The summed E-state index contributed by atoms with van der Waals surface area (Å²) in [5.74, 6) is -1.72. The van der Waals surface area contributed by atoms with Gasteiger partial charge in [-0.1, -0.05) is 30.3 Å². The van der Waals surface area contributed by atoms with Gasteiger partial charge in [0.15, 0.2) is 0 Å². The highest BCUT2D eigenvalue weighted by molar-refractivity contribution is 6.35. The number of esters is 1. The van der Waals surface area contributed by atoms with Gasteiger partial charge in [-0.15, -0.1) is 0 Å². The molecule has 0 amide bonds. The van der Waals surface area contributed by atoms with E-state index in [-0.39, 0.29) is 6.61 Å². The van der Waals surface area contributed by atoms with Gasteiger partial charge in [0.05, 0.1) is 0 Å². The molecule has 0 atom stereocenters.